The Kier molecular flexibility index (Phi) is 5.68. The first kappa shape index (κ1) is 17.5. The van der Waals surface area contributed by atoms with E-state index >= 15 is 0 Å². The molecule has 1 aromatic rings. The van der Waals surface area contributed by atoms with Crippen LogP contribution < -0.4 is 10.6 Å². The third kappa shape index (κ3) is 4.59. The van der Waals surface area contributed by atoms with Crippen molar-refractivity contribution in [3.05, 3.63) is 35.9 Å². The highest BCUT2D eigenvalue weighted by Gasteiger charge is 2.31. The number of carbonyl (C=O) groups is 3. The second-order valence-electron chi connectivity index (χ2n) is 6.84. The van der Waals surface area contributed by atoms with Crippen LogP contribution >= 0.6 is 0 Å². The first-order valence-electron chi connectivity index (χ1n) is 9.05. The van der Waals surface area contributed by atoms with E-state index < -0.39 is 0 Å². The lowest BCUT2D eigenvalue weighted by Crippen LogP contribution is -2.50. The number of hydrogen-bond donors (Lipinski definition) is 2. The zero-order valence-corrected chi connectivity index (χ0v) is 14.4. The standard InChI is InChI=1S/C19H25N3O3/c23-17(13-20-18(24)14-5-2-1-3-6-14)21-16-9-11-22(12-10-16)19(25)15-7-4-8-15/h1-3,5-6,15-16H,4,7-13H2,(H,20,24)(H,21,23). The van der Waals surface area contributed by atoms with E-state index in [0.29, 0.717) is 18.7 Å². The molecule has 134 valence electrons. The number of amides is 3. The van der Waals surface area contributed by atoms with E-state index in [1.165, 1.54) is 0 Å². The molecule has 1 aliphatic heterocycles. The molecule has 0 unspecified atom stereocenters. The molecule has 0 radical (unpaired) electrons. The molecule has 1 saturated carbocycles. The molecule has 6 nitrogen and oxygen atoms in total. The van der Waals surface area contributed by atoms with Crippen LogP contribution in [-0.4, -0.2) is 48.3 Å². The second-order valence-corrected chi connectivity index (χ2v) is 6.84. The summed E-state index contributed by atoms with van der Waals surface area (Å²) >= 11 is 0. The minimum atomic E-state index is -0.253. The van der Waals surface area contributed by atoms with Gasteiger partial charge in [0.15, 0.2) is 0 Å². The SMILES string of the molecule is O=C(CNC(=O)c1ccccc1)NC1CCN(C(=O)C2CCC2)CC1. The molecule has 1 saturated heterocycles. The predicted molar refractivity (Wildman–Crippen MR) is 93.9 cm³/mol. The highest BCUT2D eigenvalue weighted by molar-refractivity contribution is 5.96. The highest BCUT2D eigenvalue weighted by Crippen LogP contribution is 2.29. The van der Waals surface area contributed by atoms with Crippen LogP contribution in [0.25, 0.3) is 0 Å². The van der Waals surface area contributed by atoms with Gasteiger partial charge in [0.1, 0.15) is 0 Å². The number of piperidine rings is 1. The molecule has 25 heavy (non-hydrogen) atoms. The van der Waals surface area contributed by atoms with E-state index in [9.17, 15) is 14.4 Å². The fourth-order valence-corrected chi connectivity index (χ4v) is 3.29. The van der Waals surface area contributed by atoms with Gasteiger partial charge >= 0.3 is 0 Å². The summed E-state index contributed by atoms with van der Waals surface area (Å²) < 4.78 is 0. The Balaban J connectivity index is 1.36. The van der Waals surface area contributed by atoms with Gasteiger partial charge in [-0.25, -0.2) is 0 Å². The molecule has 1 aromatic carbocycles. The van der Waals surface area contributed by atoms with Crippen molar-refractivity contribution in [2.45, 2.75) is 38.1 Å². The molecule has 3 amide bonds. The lowest BCUT2D eigenvalue weighted by molar-refractivity contribution is -0.139. The van der Waals surface area contributed by atoms with Crippen molar-refractivity contribution < 1.29 is 14.4 Å². The van der Waals surface area contributed by atoms with Crippen molar-refractivity contribution in [3.63, 3.8) is 0 Å². The topological polar surface area (TPSA) is 78.5 Å². The number of rotatable bonds is 5. The zero-order chi connectivity index (χ0) is 17.6. The average molecular weight is 343 g/mol. The molecule has 2 fully saturated rings. The van der Waals surface area contributed by atoms with Gasteiger partial charge < -0.3 is 15.5 Å². The van der Waals surface area contributed by atoms with Crippen molar-refractivity contribution in [2.75, 3.05) is 19.6 Å². The van der Waals surface area contributed by atoms with Crippen molar-refractivity contribution in [1.29, 1.82) is 0 Å². The number of nitrogens with zero attached hydrogens (tertiary/aromatic N) is 1. The fraction of sp³-hybridized carbons (Fsp3) is 0.526. The third-order valence-corrected chi connectivity index (χ3v) is 5.07. The first-order chi connectivity index (χ1) is 12.1. The Morgan fingerprint density at radius 1 is 1.00 bits per heavy atom. The van der Waals surface area contributed by atoms with Crippen LogP contribution in [0.3, 0.4) is 0 Å². The summed E-state index contributed by atoms with van der Waals surface area (Å²) in [7, 11) is 0. The summed E-state index contributed by atoms with van der Waals surface area (Å²) in [6.45, 7) is 1.38. The van der Waals surface area contributed by atoms with E-state index in [4.69, 9.17) is 0 Å². The Bertz CT molecular complexity index is 620. The second kappa shape index (κ2) is 8.14. The Morgan fingerprint density at radius 2 is 1.68 bits per heavy atom. The van der Waals surface area contributed by atoms with Crippen LogP contribution in [0.1, 0.15) is 42.5 Å². The van der Waals surface area contributed by atoms with E-state index in [1.54, 1.807) is 24.3 Å². The van der Waals surface area contributed by atoms with Gasteiger partial charge in [0.2, 0.25) is 11.8 Å². The lowest BCUT2D eigenvalue weighted by atomic mass is 9.84. The fourth-order valence-electron chi connectivity index (χ4n) is 3.29. The summed E-state index contributed by atoms with van der Waals surface area (Å²) in [4.78, 5) is 38.1. The Labute approximate surface area is 148 Å². The van der Waals surface area contributed by atoms with E-state index in [-0.39, 0.29) is 36.2 Å². The molecule has 6 heteroatoms. The molecular weight excluding hydrogens is 318 g/mol. The minimum Gasteiger partial charge on any atom is -0.352 e. The van der Waals surface area contributed by atoms with Crippen molar-refractivity contribution in [1.82, 2.24) is 15.5 Å². The van der Waals surface area contributed by atoms with Gasteiger partial charge in [-0.3, -0.25) is 14.4 Å². The molecule has 1 aliphatic carbocycles. The Morgan fingerprint density at radius 3 is 2.28 bits per heavy atom. The molecule has 1 heterocycles. The molecule has 0 aromatic heterocycles. The molecular formula is C19H25N3O3. The number of nitrogens with one attached hydrogen (secondary N) is 2. The van der Waals surface area contributed by atoms with E-state index in [2.05, 4.69) is 10.6 Å². The van der Waals surface area contributed by atoms with Crippen LogP contribution in [0, 0.1) is 5.92 Å². The summed E-state index contributed by atoms with van der Waals surface area (Å²) in [5, 5.41) is 5.58. The van der Waals surface area contributed by atoms with Crippen molar-refractivity contribution in [2.24, 2.45) is 5.92 Å². The van der Waals surface area contributed by atoms with Gasteiger partial charge in [-0.05, 0) is 37.8 Å². The lowest BCUT2D eigenvalue weighted by Gasteiger charge is -2.36. The van der Waals surface area contributed by atoms with E-state index in [1.807, 2.05) is 11.0 Å². The van der Waals surface area contributed by atoms with Crippen LogP contribution in [0.5, 0.6) is 0 Å². The molecule has 2 aliphatic rings. The number of likely N-dealkylation sites (tertiary alicyclic amines) is 1. The van der Waals surface area contributed by atoms with Gasteiger partial charge in [0.25, 0.3) is 5.91 Å². The smallest absolute Gasteiger partial charge is 0.251 e. The van der Waals surface area contributed by atoms with Crippen molar-refractivity contribution >= 4 is 17.7 Å². The largest absolute Gasteiger partial charge is 0.352 e. The van der Waals surface area contributed by atoms with E-state index in [0.717, 1.165) is 32.1 Å². The quantitative estimate of drug-likeness (QED) is 0.846. The van der Waals surface area contributed by atoms with Gasteiger partial charge in [0, 0.05) is 30.6 Å². The molecule has 0 bridgehead atoms. The summed E-state index contributed by atoms with van der Waals surface area (Å²) in [5.74, 6) is 0.0789. The molecule has 2 N–H and O–H groups in total. The van der Waals surface area contributed by atoms with Gasteiger partial charge in [0.05, 0.1) is 6.54 Å². The number of carbonyl (C=O) groups excluding carboxylic acids is 3. The minimum absolute atomic E-state index is 0.0328. The van der Waals surface area contributed by atoms with Crippen LogP contribution in [0.15, 0.2) is 30.3 Å². The molecule has 3 rings (SSSR count). The summed E-state index contributed by atoms with van der Waals surface area (Å²) in [5.41, 5.74) is 0.540. The predicted octanol–water partition coefficient (Wildman–Crippen LogP) is 1.32. The van der Waals surface area contributed by atoms with Gasteiger partial charge in [-0.15, -0.1) is 0 Å². The normalized spacial score (nSPS) is 18.3. The number of benzene rings is 1. The number of hydrogen-bond acceptors (Lipinski definition) is 3. The summed E-state index contributed by atoms with van der Waals surface area (Å²) in [6, 6.07) is 8.91. The van der Waals surface area contributed by atoms with Gasteiger partial charge in [-0.2, -0.15) is 0 Å². The van der Waals surface area contributed by atoms with Crippen molar-refractivity contribution in [3.8, 4) is 0 Å². The zero-order valence-electron chi connectivity index (χ0n) is 14.4. The first-order valence-corrected chi connectivity index (χ1v) is 9.05. The van der Waals surface area contributed by atoms with Crippen LogP contribution in [0.4, 0.5) is 0 Å². The van der Waals surface area contributed by atoms with Crippen LogP contribution in [-0.2, 0) is 9.59 Å². The maximum Gasteiger partial charge on any atom is 0.251 e. The average Bonchev–Trinajstić information content (AvgIpc) is 2.59. The third-order valence-electron chi connectivity index (χ3n) is 5.07. The maximum atomic E-state index is 12.2. The monoisotopic (exact) mass is 343 g/mol. The maximum absolute atomic E-state index is 12.2. The van der Waals surface area contributed by atoms with Crippen LogP contribution in [0.2, 0.25) is 0 Å². The van der Waals surface area contributed by atoms with Gasteiger partial charge in [-0.1, -0.05) is 24.6 Å². The molecule has 0 atom stereocenters. The Hall–Kier alpha value is -2.37. The summed E-state index contributed by atoms with van der Waals surface area (Å²) in [6.07, 6.45) is 4.76. The highest BCUT2D eigenvalue weighted by atomic mass is 16.2. The molecule has 0 spiro atoms.